The third kappa shape index (κ3) is 7.36. The average molecular weight is 352 g/mol. The summed E-state index contributed by atoms with van der Waals surface area (Å²) in [5.41, 5.74) is 2.04. The molecule has 1 aliphatic rings. The number of rotatable bonds is 11. The maximum absolute atomic E-state index is 10.8. The molecule has 0 aromatic carbocycles. The molecule has 142 valence electrons. The fourth-order valence-corrected chi connectivity index (χ4v) is 2.10. The topological polar surface area (TPSA) is 153 Å². The first kappa shape index (κ1) is 21.2. The van der Waals surface area contributed by atoms with Crippen LogP contribution in [-0.2, 0) is 23.7 Å². The fourth-order valence-electron chi connectivity index (χ4n) is 2.10. The number of nitrogens with two attached hydrogens (primary N) is 1. The normalized spacial score (nSPS) is 30.3. The molecule has 0 spiro atoms. The van der Waals surface area contributed by atoms with Gasteiger partial charge in [0.15, 0.2) is 6.29 Å². The quantitative estimate of drug-likeness (QED) is 0.119. The van der Waals surface area contributed by atoms with E-state index in [4.69, 9.17) is 24.8 Å². The van der Waals surface area contributed by atoms with Gasteiger partial charge in [0.05, 0.1) is 32.5 Å². The van der Waals surface area contributed by atoms with Crippen LogP contribution in [0.1, 0.15) is 19.8 Å². The lowest BCUT2D eigenvalue weighted by atomic mass is 10.0. The maximum atomic E-state index is 10.8. The molecule has 1 aliphatic heterocycles. The average Bonchev–Trinajstić information content (AvgIpc) is 2.58. The summed E-state index contributed by atoms with van der Waals surface area (Å²) in [7, 11) is 0. The Balaban J connectivity index is 1.98. The van der Waals surface area contributed by atoms with Gasteiger partial charge in [0.25, 0.3) is 0 Å². The maximum Gasteiger partial charge on any atom is 0.233 e. The van der Waals surface area contributed by atoms with E-state index in [1.165, 1.54) is 0 Å². The largest absolute Gasteiger partial charge is 0.388 e. The molecule has 1 heterocycles. The van der Waals surface area contributed by atoms with Crippen LogP contribution in [0.5, 0.6) is 0 Å². The van der Waals surface area contributed by atoms with Gasteiger partial charge in [0, 0.05) is 13.0 Å². The number of nitrogens with one attached hydrogen (secondary N) is 1. The van der Waals surface area contributed by atoms with E-state index in [9.17, 15) is 20.1 Å². The van der Waals surface area contributed by atoms with E-state index in [1.54, 1.807) is 6.92 Å². The molecule has 0 radical (unpaired) electrons. The summed E-state index contributed by atoms with van der Waals surface area (Å²) < 4.78 is 21.1. The van der Waals surface area contributed by atoms with Gasteiger partial charge in [-0.15, -0.1) is 0 Å². The van der Waals surface area contributed by atoms with Crippen LogP contribution in [0.4, 0.5) is 0 Å². The zero-order valence-electron chi connectivity index (χ0n) is 13.8. The van der Waals surface area contributed by atoms with Gasteiger partial charge < -0.3 is 34.3 Å². The van der Waals surface area contributed by atoms with Crippen molar-refractivity contribution in [3.05, 3.63) is 0 Å². The first-order valence-corrected chi connectivity index (χ1v) is 7.93. The molecule has 5 atom stereocenters. The molecule has 0 aromatic heterocycles. The molecular formula is C14H28N2O8. The van der Waals surface area contributed by atoms with Crippen molar-refractivity contribution in [2.45, 2.75) is 50.5 Å². The number of hydrogen-bond donors (Lipinski definition) is 5. The number of aliphatic hydroxyl groups excluding tert-OH is 3. The van der Waals surface area contributed by atoms with Crippen LogP contribution in [0, 0.1) is 0 Å². The lowest BCUT2D eigenvalue weighted by Gasteiger charge is -2.38. The molecule has 10 nitrogen and oxygen atoms in total. The summed E-state index contributed by atoms with van der Waals surface area (Å²) in [5.74, 6) is 4.71. The van der Waals surface area contributed by atoms with Crippen LogP contribution >= 0.6 is 0 Å². The van der Waals surface area contributed by atoms with Crippen LogP contribution in [0.2, 0.25) is 0 Å². The molecule has 10 heteroatoms. The van der Waals surface area contributed by atoms with Gasteiger partial charge >= 0.3 is 0 Å². The Labute approximate surface area is 140 Å². The monoisotopic (exact) mass is 352 g/mol. The lowest BCUT2D eigenvalue weighted by molar-refractivity contribution is -0.294. The molecule has 0 aromatic rings. The Morgan fingerprint density at radius 2 is 1.67 bits per heavy atom. The minimum Gasteiger partial charge on any atom is -0.388 e. The predicted molar refractivity (Wildman–Crippen MR) is 81.5 cm³/mol. The number of hydrogen-bond acceptors (Lipinski definition) is 9. The van der Waals surface area contributed by atoms with Crippen molar-refractivity contribution in [1.82, 2.24) is 5.43 Å². The number of ether oxygens (including phenoxy) is 4. The van der Waals surface area contributed by atoms with Crippen LogP contribution in [0.15, 0.2) is 0 Å². The van der Waals surface area contributed by atoms with Crippen molar-refractivity contribution in [2.24, 2.45) is 5.84 Å². The van der Waals surface area contributed by atoms with Gasteiger partial charge in [-0.05, 0) is 13.3 Å². The third-order valence-electron chi connectivity index (χ3n) is 3.54. The van der Waals surface area contributed by atoms with E-state index in [1.807, 2.05) is 5.43 Å². The molecule has 0 aliphatic carbocycles. The van der Waals surface area contributed by atoms with E-state index in [2.05, 4.69) is 0 Å². The van der Waals surface area contributed by atoms with Gasteiger partial charge in [-0.1, -0.05) is 0 Å². The standard InChI is InChI=1S/C14H28N2O8/c1-9-11(18)12(19)13(20)14(24-9)23-8-7-22-6-5-21-4-2-3-10(17)16-15/h9,11-14,18-20H,2-8,15H2,1H3,(H,16,17)/t9-,11+,12+,13-,14-/m0/s1. The molecule has 0 saturated carbocycles. The summed E-state index contributed by atoms with van der Waals surface area (Å²) in [5, 5.41) is 28.9. The van der Waals surface area contributed by atoms with Crippen molar-refractivity contribution in [3.8, 4) is 0 Å². The van der Waals surface area contributed by atoms with E-state index in [0.29, 0.717) is 32.7 Å². The summed E-state index contributed by atoms with van der Waals surface area (Å²) in [6.07, 6.45) is -4.52. The third-order valence-corrected chi connectivity index (χ3v) is 3.54. The fraction of sp³-hybridized carbons (Fsp3) is 0.929. The second-order valence-electron chi connectivity index (χ2n) is 5.45. The molecule has 1 fully saturated rings. The molecule has 1 amide bonds. The predicted octanol–water partition coefficient (Wildman–Crippen LogP) is -2.37. The summed E-state index contributed by atoms with van der Waals surface area (Å²) in [6.45, 7) is 3.19. The van der Waals surface area contributed by atoms with E-state index in [-0.39, 0.29) is 19.1 Å². The molecule has 1 saturated heterocycles. The summed E-state index contributed by atoms with van der Waals surface area (Å²) in [4.78, 5) is 10.8. The number of aliphatic hydroxyl groups is 3. The van der Waals surface area contributed by atoms with Crippen LogP contribution < -0.4 is 11.3 Å². The van der Waals surface area contributed by atoms with Crippen LogP contribution in [0.25, 0.3) is 0 Å². The van der Waals surface area contributed by atoms with E-state index >= 15 is 0 Å². The number of carbonyl (C=O) groups is 1. The van der Waals surface area contributed by atoms with Crippen LogP contribution in [-0.4, -0.2) is 85.0 Å². The number of hydrazine groups is 1. The zero-order valence-corrected chi connectivity index (χ0v) is 13.8. The van der Waals surface area contributed by atoms with Gasteiger partial charge in [-0.25, -0.2) is 5.84 Å². The minimum absolute atomic E-state index is 0.161. The summed E-state index contributed by atoms with van der Waals surface area (Å²) in [6, 6.07) is 0. The first-order chi connectivity index (χ1) is 11.5. The number of amides is 1. The highest BCUT2D eigenvalue weighted by Crippen LogP contribution is 2.21. The Hall–Kier alpha value is -0.850. The number of carbonyl (C=O) groups excluding carboxylic acids is 1. The van der Waals surface area contributed by atoms with E-state index < -0.39 is 30.7 Å². The highest BCUT2D eigenvalue weighted by atomic mass is 16.7. The molecule has 0 unspecified atom stereocenters. The Morgan fingerprint density at radius 3 is 2.33 bits per heavy atom. The highest BCUT2D eigenvalue weighted by Gasteiger charge is 2.42. The van der Waals surface area contributed by atoms with Gasteiger partial charge in [0.2, 0.25) is 5.91 Å². The molecule has 6 N–H and O–H groups in total. The second kappa shape index (κ2) is 11.7. The Kier molecular flexibility index (Phi) is 10.3. The molecule has 0 bridgehead atoms. The van der Waals surface area contributed by atoms with Crippen molar-refractivity contribution in [2.75, 3.05) is 33.0 Å². The van der Waals surface area contributed by atoms with Crippen molar-refractivity contribution >= 4 is 5.91 Å². The van der Waals surface area contributed by atoms with Crippen molar-refractivity contribution in [3.63, 3.8) is 0 Å². The highest BCUT2D eigenvalue weighted by molar-refractivity contribution is 5.75. The Morgan fingerprint density at radius 1 is 1.04 bits per heavy atom. The SMILES string of the molecule is C[C@@H]1O[C@H](OCCOCCOCCCC(=O)NN)[C@@H](O)[C@H](O)[C@@H]1O. The van der Waals surface area contributed by atoms with Crippen LogP contribution in [0.3, 0.4) is 0 Å². The first-order valence-electron chi connectivity index (χ1n) is 7.93. The zero-order chi connectivity index (χ0) is 17.9. The van der Waals surface area contributed by atoms with Crippen molar-refractivity contribution in [1.29, 1.82) is 0 Å². The van der Waals surface area contributed by atoms with Crippen molar-refractivity contribution < 1.29 is 39.1 Å². The summed E-state index contributed by atoms with van der Waals surface area (Å²) >= 11 is 0. The second-order valence-corrected chi connectivity index (χ2v) is 5.45. The smallest absolute Gasteiger partial charge is 0.233 e. The van der Waals surface area contributed by atoms with Gasteiger partial charge in [-0.2, -0.15) is 0 Å². The van der Waals surface area contributed by atoms with Gasteiger partial charge in [-0.3, -0.25) is 10.2 Å². The van der Waals surface area contributed by atoms with E-state index in [0.717, 1.165) is 0 Å². The minimum atomic E-state index is -1.31. The van der Waals surface area contributed by atoms with Gasteiger partial charge in [0.1, 0.15) is 18.3 Å². The molecule has 24 heavy (non-hydrogen) atoms. The lowest BCUT2D eigenvalue weighted by Crippen LogP contribution is -2.57. The molecular weight excluding hydrogens is 324 g/mol. The Bertz CT molecular complexity index is 360. The molecule has 1 rings (SSSR count).